The molecule has 0 aliphatic heterocycles. The predicted octanol–water partition coefficient (Wildman–Crippen LogP) is 1.70. The van der Waals surface area contributed by atoms with Gasteiger partial charge in [0, 0.05) is 0 Å². The molecule has 1 aromatic carbocycles. The largest absolute Gasteiger partial charge is 0.394 e. The second-order valence-electron chi connectivity index (χ2n) is 2.98. The van der Waals surface area contributed by atoms with E-state index in [2.05, 4.69) is 4.74 Å². The number of nitro groups is 1. The second kappa shape index (κ2) is 4.54. The van der Waals surface area contributed by atoms with Crippen molar-refractivity contribution in [2.75, 3.05) is 0 Å². The molecule has 0 spiro atoms. The van der Waals surface area contributed by atoms with Gasteiger partial charge in [-0.2, -0.15) is 0 Å². The molecule has 0 saturated carbocycles. The van der Waals surface area contributed by atoms with Crippen molar-refractivity contribution < 1.29 is 14.5 Å². The highest BCUT2D eigenvalue weighted by molar-refractivity contribution is 5.39. The monoisotopic (exact) mass is 209 g/mol. The zero-order valence-electron chi connectivity index (χ0n) is 8.25. The van der Waals surface area contributed by atoms with Gasteiger partial charge in [0.05, 0.1) is 16.9 Å². The van der Waals surface area contributed by atoms with Crippen LogP contribution in [0.4, 0.5) is 0 Å². The van der Waals surface area contributed by atoms with Crippen molar-refractivity contribution in [1.29, 1.82) is 0 Å². The van der Waals surface area contributed by atoms with Crippen LogP contribution < -0.4 is 0 Å². The molecule has 0 N–H and O–H groups in total. The van der Waals surface area contributed by atoms with Gasteiger partial charge in [-0.25, -0.2) is 0 Å². The van der Waals surface area contributed by atoms with Crippen LogP contribution in [0.5, 0.6) is 0 Å². The van der Waals surface area contributed by atoms with Gasteiger partial charge in [-0.15, -0.1) is 0 Å². The van der Waals surface area contributed by atoms with Gasteiger partial charge >= 0.3 is 5.72 Å². The first-order chi connectivity index (χ1) is 7.17. The number of nitrogens with zero attached hydrogens (tertiary/aromatic N) is 1. The summed E-state index contributed by atoms with van der Waals surface area (Å²) in [5, 5.41) is 11.0. The number of rotatable bonds is 5. The fourth-order valence-electron chi connectivity index (χ4n) is 1.41. The standard InChI is InChI=1S/C10H11NO4/c1-2-10(11(13)14,15-8-12)9-6-4-3-5-7-9/h3-8H,2H2,1H3. The minimum Gasteiger partial charge on any atom is -0.394 e. The topological polar surface area (TPSA) is 69.4 Å². The number of benzene rings is 1. The van der Waals surface area contributed by atoms with Gasteiger partial charge < -0.3 is 4.74 Å². The van der Waals surface area contributed by atoms with Crippen LogP contribution in [0.2, 0.25) is 0 Å². The Morgan fingerprint density at radius 2 is 2.07 bits per heavy atom. The quantitative estimate of drug-likeness (QED) is 0.320. The number of carbonyl (C=O) groups excluding carboxylic acids is 1. The Hall–Kier alpha value is -1.91. The number of ether oxygens (including phenoxy) is 1. The van der Waals surface area contributed by atoms with Gasteiger partial charge in [0.2, 0.25) is 0 Å². The summed E-state index contributed by atoms with van der Waals surface area (Å²) in [6.07, 6.45) is 0.0861. The van der Waals surface area contributed by atoms with E-state index >= 15 is 0 Å². The third-order valence-corrected chi connectivity index (χ3v) is 2.24. The van der Waals surface area contributed by atoms with Crippen molar-refractivity contribution in [2.24, 2.45) is 0 Å². The third kappa shape index (κ3) is 1.96. The highest BCUT2D eigenvalue weighted by Crippen LogP contribution is 2.29. The van der Waals surface area contributed by atoms with Gasteiger partial charge in [0.25, 0.3) is 6.47 Å². The van der Waals surface area contributed by atoms with Crippen LogP contribution in [0.1, 0.15) is 18.9 Å². The molecular weight excluding hydrogens is 198 g/mol. The maximum absolute atomic E-state index is 11.0. The second-order valence-corrected chi connectivity index (χ2v) is 2.98. The number of hydrogen-bond acceptors (Lipinski definition) is 4. The zero-order valence-corrected chi connectivity index (χ0v) is 8.25. The summed E-state index contributed by atoms with van der Waals surface area (Å²) >= 11 is 0. The third-order valence-electron chi connectivity index (χ3n) is 2.24. The summed E-state index contributed by atoms with van der Waals surface area (Å²) in [5.74, 6) is 0. The van der Waals surface area contributed by atoms with E-state index in [1.54, 1.807) is 37.3 Å². The average molecular weight is 209 g/mol. The minimum atomic E-state index is -1.76. The molecule has 1 aromatic rings. The molecule has 0 bridgehead atoms. The van der Waals surface area contributed by atoms with Crippen molar-refractivity contribution >= 4 is 6.47 Å². The summed E-state index contributed by atoms with van der Waals surface area (Å²) in [6, 6.07) is 8.20. The summed E-state index contributed by atoms with van der Waals surface area (Å²) in [7, 11) is 0. The average Bonchev–Trinajstić information content (AvgIpc) is 2.26. The summed E-state index contributed by atoms with van der Waals surface area (Å²) < 4.78 is 4.65. The van der Waals surface area contributed by atoms with Crippen LogP contribution in [0.3, 0.4) is 0 Å². The van der Waals surface area contributed by atoms with Gasteiger partial charge in [0.1, 0.15) is 0 Å². The van der Waals surface area contributed by atoms with E-state index in [1.165, 1.54) is 0 Å². The smallest absolute Gasteiger partial charge is 0.391 e. The number of hydrogen-bond donors (Lipinski definition) is 0. The Bertz CT molecular complexity index is 352. The lowest BCUT2D eigenvalue weighted by atomic mass is 10.0. The normalized spacial score (nSPS) is 13.9. The molecule has 0 amide bonds. The Morgan fingerprint density at radius 1 is 1.47 bits per heavy atom. The van der Waals surface area contributed by atoms with E-state index in [9.17, 15) is 14.9 Å². The molecule has 80 valence electrons. The zero-order chi connectivity index (χ0) is 11.3. The molecule has 1 unspecified atom stereocenters. The lowest BCUT2D eigenvalue weighted by Crippen LogP contribution is -2.37. The molecule has 5 nitrogen and oxygen atoms in total. The summed E-state index contributed by atoms with van der Waals surface area (Å²) in [4.78, 5) is 20.7. The molecule has 0 aliphatic carbocycles. The Morgan fingerprint density at radius 3 is 2.47 bits per heavy atom. The first-order valence-corrected chi connectivity index (χ1v) is 4.49. The summed E-state index contributed by atoms with van der Waals surface area (Å²) in [5.41, 5.74) is -1.40. The van der Waals surface area contributed by atoms with Gasteiger partial charge in [0.15, 0.2) is 0 Å². The predicted molar refractivity (Wildman–Crippen MR) is 52.6 cm³/mol. The molecule has 0 radical (unpaired) electrons. The van der Waals surface area contributed by atoms with Gasteiger partial charge in [-0.1, -0.05) is 25.1 Å². The number of carbonyl (C=O) groups is 1. The molecule has 1 atom stereocenters. The lowest BCUT2D eigenvalue weighted by Gasteiger charge is -2.21. The van der Waals surface area contributed by atoms with E-state index in [0.29, 0.717) is 5.56 Å². The molecule has 0 saturated heterocycles. The van der Waals surface area contributed by atoms with Crippen molar-refractivity contribution in [3.05, 3.63) is 46.0 Å². The van der Waals surface area contributed by atoms with E-state index in [1.807, 2.05) is 0 Å². The Kier molecular flexibility index (Phi) is 3.38. The maximum atomic E-state index is 11.0. The van der Waals surface area contributed by atoms with Crippen molar-refractivity contribution in [1.82, 2.24) is 0 Å². The van der Waals surface area contributed by atoms with E-state index in [-0.39, 0.29) is 12.9 Å². The molecule has 1 rings (SSSR count). The molecular formula is C10H11NO4. The van der Waals surface area contributed by atoms with Crippen molar-refractivity contribution in [2.45, 2.75) is 19.1 Å². The maximum Gasteiger partial charge on any atom is 0.391 e. The fourth-order valence-corrected chi connectivity index (χ4v) is 1.41. The fraction of sp³-hybridized carbons (Fsp3) is 0.300. The first kappa shape index (κ1) is 11.2. The molecule has 0 fully saturated rings. The SMILES string of the molecule is CCC(OC=O)(c1ccccc1)[N+](=O)[O-]. The Labute approximate surface area is 86.8 Å². The highest BCUT2D eigenvalue weighted by atomic mass is 16.7. The molecule has 0 aliphatic rings. The van der Waals surface area contributed by atoms with Crippen LogP contribution in [-0.4, -0.2) is 11.4 Å². The molecule has 0 heterocycles. The first-order valence-electron chi connectivity index (χ1n) is 4.49. The van der Waals surface area contributed by atoms with E-state index in [0.717, 1.165) is 0 Å². The molecule has 5 heteroatoms. The highest BCUT2D eigenvalue weighted by Gasteiger charge is 2.45. The van der Waals surface area contributed by atoms with Crippen LogP contribution >= 0.6 is 0 Å². The van der Waals surface area contributed by atoms with Crippen LogP contribution in [0.15, 0.2) is 30.3 Å². The molecule has 15 heavy (non-hydrogen) atoms. The van der Waals surface area contributed by atoms with Gasteiger partial charge in [-0.3, -0.25) is 14.9 Å². The Balaban J connectivity index is 3.21. The van der Waals surface area contributed by atoms with Crippen LogP contribution in [-0.2, 0) is 15.3 Å². The van der Waals surface area contributed by atoms with Crippen molar-refractivity contribution in [3.63, 3.8) is 0 Å². The minimum absolute atomic E-state index is 0.0861. The van der Waals surface area contributed by atoms with Gasteiger partial charge in [-0.05, 0) is 12.1 Å². The summed E-state index contributed by atoms with van der Waals surface area (Å²) in [6.45, 7) is 1.71. The van der Waals surface area contributed by atoms with Crippen LogP contribution in [0, 0.1) is 10.1 Å². The molecule has 0 aromatic heterocycles. The lowest BCUT2D eigenvalue weighted by molar-refractivity contribution is -0.632. The van der Waals surface area contributed by atoms with E-state index in [4.69, 9.17) is 0 Å². The van der Waals surface area contributed by atoms with E-state index < -0.39 is 10.6 Å². The van der Waals surface area contributed by atoms with Crippen molar-refractivity contribution in [3.8, 4) is 0 Å². The van der Waals surface area contributed by atoms with Crippen LogP contribution in [0.25, 0.3) is 0 Å².